The highest BCUT2D eigenvalue weighted by Crippen LogP contribution is 2.38. The number of carboxylic acid groups (broad SMARTS) is 1. The van der Waals surface area contributed by atoms with Crippen molar-refractivity contribution in [3.05, 3.63) is 23.8 Å². The summed E-state index contributed by atoms with van der Waals surface area (Å²) in [5, 5.41) is 9.07. The van der Waals surface area contributed by atoms with Crippen LogP contribution in [0.4, 0.5) is 8.78 Å². The number of aliphatic carboxylic acids is 1. The summed E-state index contributed by atoms with van der Waals surface area (Å²) in [7, 11) is 0. The maximum absolute atomic E-state index is 13.0. The van der Waals surface area contributed by atoms with Gasteiger partial charge in [0.25, 0.3) is 0 Å². The van der Waals surface area contributed by atoms with Gasteiger partial charge in [0.15, 0.2) is 23.1 Å². The lowest BCUT2D eigenvalue weighted by molar-refractivity contribution is -0.161. The Morgan fingerprint density at radius 2 is 2.00 bits per heavy atom. The van der Waals surface area contributed by atoms with E-state index in [4.69, 9.17) is 14.6 Å². The van der Waals surface area contributed by atoms with E-state index in [-0.39, 0.29) is 24.5 Å². The molecule has 0 amide bonds. The van der Waals surface area contributed by atoms with Crippen LogP contribution < -0.4 is 9.47 Å². The van der Waals surface area contributed by atoms with Gasteiger partial charge >= 0.3 is 5.97 Å². The minimum atomic E-state index is -1.54. The molecule has 1 aliphatic heterocycles. The van der Waals surface area contributed by atoms with Crippen LogP contribution in [0.15, 0.2) is 12.1 Å². The third-order valence-electron chi connectivity index (χ3n) is 2.71. The van der Waals surface area contributed by atoms with Crippen molar-refractivity contribution in [1.82, 2.24) is 0 Å². The zero-order valence-electron chi connectivity index (χ0n) is 9.00. The Balaban J connectivity index is 2.42. The van der Waals surface area contributed by atoms with Gasteiger partial charge < -0.3 is 14.6 Å². The van der Waals surface area contributed by atoms with Gasteiger partial charge in [0.2, 0.25) is 5.60 Å². The molecule has 1 aromatic carbocycles. The Labute approximate surface area is 95.8 Å². The first-order valence-corrected chi connectivity index (χ1v) is 5.03. The quantitative estimate of drug-likeness (QED) is 0.864. The van der Waals surface area contributed by atoms with Crippen LogP contribution in [0.3, 0.4) is 0 Å². The summed E-state index contributed by atoms with van der Waals surface area (Å²) in [6, 6.07) is 1.63. The lowest BCUT2D eigenvalue weighted by Gasteiger charge is -2.34. The second-order valence-electron chi connectivity index (χ2n) is 3.76. The highest BCUT2D eigenvalue weighted by atomic mass is 19.2. The highest BCUT2D eigenvalue weighted by Gasteiger charge is 2.44. The second-order valence-corrected chi connectivity index (χ2v) is 3.76. The lowest BCUT2D eigenvalue weighted by Crippen LogP contribution is -2.51. The molecule has 0 saturated heterocycles. The van der Waals surface area contributed by atoms with Gasteiger partial charge in [-0.05, 0) is 6.42 Å². The van der Waals surface area contributed by atoms with E-state index in [1.165, 1.54) is 0 Å². The molecule has 0 saturated carbocycles. The molecular weight excluding hydrogens is 234 g/mol. The Morgan fingerprint density at radius 1 is 1.41 bits per heavy atom. The number of fused-ring (bicyclic) bond motifs is 1. The smallest absolute Gasteiger partial charge is 0.351 e. The number of hydrogen-bond acceptors (Lipinski definition) is 3. The summed E-state index contributed by atoms with van der Waals surface area (Å²) in [6.45, 7) is 1.37. The molecule has 0 fully saturated rings. The van der Waals surface area contributed by atoms with Gasteiger partial charge in [0.1, 0.15) is 6.61 Å². The molecule has 17 heavy (non-hydrogen) atoms. The van der Waals surface area contributed by atoms with Crippen LogP contribution in [-0.4, -0.2) is 23.3 Å². The van der Waals surface area contributed by atoms with Gasteiger partial charge in [-0.25, -0.2) is 13.6 Å². The largest absolute Gasteiger partial charge is 0.485 e. The van der Waals surface area contributed by atoms with Gasteiger partial charge in [-0.15, -0.1) is 0 Å². The van der Waals surface area contributed by atoms with E-state index >= 15 is 0 Å². The van der Waals surface area contributed by atoms with Crippen LogP contribution >= 0.6 is 0 Å². The van der Waals surface area contributed by atoms with Crippen LogP contribution in [-0.2, 0) is 4.79 Å². The van der Waals surface area contributed by atoms with E-state index in [0.717, 1.165) is 12.1 Å². The van der Waals surface area contributed by atoms with Crippen molar-refractivity contribution in [1.29, 1.82) is 0 Å². The standard InChI is InChI=1S/C11H10F2O4/c1-2-11(10(14)15)5-16-8-3-6(12)7(13)4-9(8)17-11/h3-4H,2,5H2,1H3,(H,14,15)/t11-/m1/s1. The third kappa shape index (κ3) is 1.79. The molecule has 0 unspecified atom stereocenters. The second kappa shape index (κ2) is 3.87. The number of carbonyl (C=O) groups is 1. The fourth-order valence-electron chi connectivity index (χ4n) is 1.57. The minimum Gasteiger partial charge on any atom is -0.485 e. The van der Waals surface area contributed by atoms with Gasteiger partial charge in [0, 0.05) is 12.1 Å². The first-order chi connectivity index (χ1) is 7.98. The van der Waals surface area contributed by atoms with Crippen molar-refractivity contribution in [2.45, 2.75) is 18.9 Å². The molecule has 92 valence electrons. The Morgan fingerprint density at radius 3 is 2.53 bits per heavy atom. The van der Waals surface area contributed by atoms with E-state index in [1.54, 1.807) is 6.92 Å². The molecule has 0 aliphatic carbocycles. The predicted octanol–water partition coefficient (Wildman–Crippen LogP) is 1.97. The van der Waals surface area contributed by atoms with Gasteiger partial charge in [-0.1, -0.05) is 6.92 Å². The SMILES string of the molecule is CC[C@]1(C(=O)O)COc2cc(F)c(F)cc2O1. The molecule has 2 rings (SSSR count). The molecule has 1 aromatic rings. The maximum atomic E-state index is 13.0. The zero-order chi connectivity index (χ0) is 12.6. The third-order valence-corrected chi connectivity index (χ3v) is 2.71. The van der Waals surface area contributed by atoms with Crippen LogP contribution in [0.1, 0.15) is 13.3 Å². The van der Waals surface area contributed by atoms with E-state index in [1.807, 2.05) is 0 Å². The number of carboxylic acids is 1. The fourth-order valence-corrected chi connectivity index (χ4v) is 1.57. The summed E-state index contributed by atoms with van der Waals surface area (Å²) >= 11 is 0. The summed E-state index contributed by atoms with van der Waals surface area (Å²) in [5.41, 5.74) is -1.54. The van der Waals surface area contributed by atoms with E-state index < -0.39 is 23.2 Å². The van der Waals surface area contributed by atoms with Crippen molar-refractivity contribution in [2.24, 2.45) is 0 Å². The molecule has 1 atom stereocenters. The Kier molecular flexibility index (Phi) is 2.65. The van der Waals surface area contributed by atoms with Gasteiger partial charge in [-0.3, -0.25) is 0 Å². The summed E-state index contributed by atoms with van der Waals surface area (Å²) in [4.78, 5) is 11.1. The van der Waals surface area contributed by atoms with E-state index in [0.29, 0.717) is 0 Å². The number of ether oxygens (including phenoxy) is 2. The molecule has 4 nitrogen and oxygen atoms in total. The first kappa shape index (κ1) is 11.6. The van der Waals surface area contributed by atoms with Crippen molar-refractivity contribution < 1.29 is 28.2 Å². The van der Waals surface area contributed by atoms with Gasteiger partial charge in [0.05, 0.1) is 0 Å². The highest BCUT2D eigenvalue weighted by molar-refractivity contribution is 5.78. The summed E-state index contributed by atoms with van der Waals surface area (Å²) < 4.78 is 36.3. The van der Waals surface area contributed by atoms with Crippen molar-refractivity contribution in [3.63, 3.8) is 0 Å². The van der Waals surface area contributed by atoms with Crippen molar-refractivity contribution in [3.8, 4) is 11.5 Å². The molecule has 0 spiro atoms. The molecular formula is C11H10F2O4. The van der Waals surface area contributed by atoms with Crippen LogP contribution in [0.5, 0.6) is 11.5 Å². The maximum Gasteiger partial charge on any atom is 0.351 e. The fraction of sp³-hybridized carbons (Fsp3) is 0.364. The molecule has 0 radical (unpaired) electrons. The zero-order valence-corrected chi connectivity index (χ0v) is 9.00. The summed E-state index contributed by atoms with van der Waals surface area (Å²) in [6.07, 6.45) is 0.154. The number of benzene rings is 1. The molecule has 1 N–H and O–H groups in total. The van der Waals surface area contributed by atoms with E-state index in [2.05, 4.69) is 0 Å². The minimum absolute atomic E-state index is 0.00854. The van der Waals surface area contributed by atoms with Gasteiger partial charge in [-0.2, -0.15) is 0 Å². The van der Waals surface area contributed by atoms with Crippen LogP contribution in [0.2, 0.25) is 0 Å². The van der Waals surface area contributed by atoms with Crippen LogP contribution in [0.25, 0.3) is 0 Å². The van der Waals surface area contributed by atoms with Crippen molar-refractivity contribution in [2.75, 3.05) is 6.61 Å². The first-order valence-electron chi connectivity index (χ1n) is 5.03. The molecule has 0 bridgehead atoms. The monoisotopic (exact) mass is 244 g/mol. The molecule has 1 heterocycles. The normalized spacial score (nSPS) is 22.3. The number of rotatable bonds is 2. The lowest BCUT2D eigenvalue weighted by atomic mass is 10.0. The predicted molar refractivity (Wildman–Crippen MR) is 53.1 cm³/mol. The Hall–Kier alpha value is -1.85. The average molecular weight is 244 g/mol. The van der Waals surface area contributed by atoms with Crippen molar-refractivity contribution >= 4 is 5.97 Å². The average Bonchev–Trinajstić information content (AvgIpc) is 2.30. The topological polar surface area (TPSA) is 55.8 Å². The molecule has 0 aromatic heterocycles. The van der Waals surface area contributed by atoms with E-state index in [9.17, 15) is 13.6 Å². The summed E-state index contributed by atoms with van der Waals surface area (Å²) in [5.74, 6) is -3.46. The number of hydrogen-bond donors (Lipinski definition) is 1. The molecule has 6 heteroatoms. The Bertz CT molecular complexity index is 475. The number of halogens is 2. The molecule has 1 aliphatic rings. The van der Waals surface area contributed by atoms with Crippen LogP contribution in [0, 0.1) is 11.6 Å².